The molecule has 2 rings (SSSR count). The lowest BCUT2D eigenvalue weighted by molar-refractivity contribution is -0.124. The summed E-state index contributed by atoms with van der Waals surface area (Å²) in [5, 5.41) is 0. The average molecular weight is 247 g/mol. The van der Waals surface area contributed by atoms with Crippen molar-refractivity contribution < 1.29 is 4.79 Å². The Hall–Kier alpha value is -1.39. The largest absolute Gasteiger partial charge is 0.368 e. The van der Waals surface area contributed by atoms with Crippen molar-refractivity contribution in [1.29, 1.82) is 0 Å². The smallest absolute Gasteiger partial charge is 0.234 e. The number of hydrogen-bond acceptors (Lipinski definition) is 3. The normalized spacial score (nSPS) is 22.6. The van der Waals surface area contributed by atoms with Crippen molar-refractivity contribution in [2.45, 2.75) is 31.3 Å². The molecular formula is C14H21N3O. The van der Waals surface area contributed by atoms with Gasteiger partial charge in [0.15, 0.2) is 0 Å². The predicted octanol–water partition coefficient (Wildman–Crippen LogP) is 1.03. The molecule has 1 saturated heterocycles. The molecule has 0 spiro atoms. The molecule has 1 fully saturated rings. The standard InChI is InChI=1S/C14H21N3O/c15-12(11-6-2-1-3-7-11)10-17-9-5-4-8-13(17)14(16)18/h1-3,6-7,12-13H,4-5,8-10,15H2,(H2,16,18). The van der Waals surface area contributed by atoms with Gasteiger partial charge in [0.25, 0.3) is 0 Å². The molecule has 0 saturated carbocycles. The summed E-state index contributed by atoms with van der Waals surface area (Å²) in [6.07, 6.45) is 3.05. The van der Waals surface area contributed by atoms with E-state index < -0.39 is 0 Å². The Kier molecular flexibility index (Phi) is 4.33. The number of rotatable bonds is 4. The fourth-order valence-corrected chi connectivity index (χ4v) is 2.59. The van der Waals surface area contributed by atoms with Gasteiger partial charge in [-0.1, -0.05) is 36.8 Å². The first-order valence-corrected chi connectivity index (χ1v) is 6.52. The molecule has 1 heterocycles. The number of nitrogens with zero attached hydrogens (tertiary/aromatic N) is 1. The number of nitrogens with two attached hydrogens (primary N) is 2. The van der Waals surface area contributed by atoms with E-state index >= 15 is 0 Å². The molecule has 1 aliphatic rings. The maximum Gasteiger partial charge on any atom is 0.234 e. The Balaban J connectivity index is 2.01. The van der Waals surface area contributed by atoms with Crippen molar-refractivity contribution in [1.82, 2.24) is 4.90 Å². The zero-order valence-electron chi connectivity index (χ0n) is 10.6. The summed E-state index contributed by atoms with van der Waals surface area (Å²) in [5.74, 6) is -0.227. The van der Waals surface area contributed by atoms with E-state index in [4.69, 9.17) is 11.5 Å². The van der Waals surface area contributed by atoms with E-state index in [-0.39, 0.29) is 18.0 Å². The number of carbonyl (C=O) groups is 1. The molecule has 0 radical (unpaired) electrons. The maximum atomic E-state index is 11.4. The van der Waals surface area contributed by atoms with E-state index in [0.29, 0.717) is 6.54 Å². The molecule has 4 nitrogen and oxygen atoms in total. The number of carbonyl (C=O) groups excluding carboxylic acids is 1. The number of primary amides is 1. The van der Waals surface area contributed by atoms with Crippen molar-refractivity contribution in [3.05, 3.63) is 35.9 Å². The van der Waals surface area contributed by atoms with Crippen LogP contribution < -0.4 is 11.5 Å². The summed E-state index contributed by atoms with van der Waals surface area (Å²) in [5.41, 5.74) is 12.7. The van der Waals surface area contributed by atoms with Crippen LogP contribution in [0.5, 0.6) is 0 Å². The first-order valence-electron chi connectivity index (χ1n) is 6.52. The Morgan fingerprint density at radius 3 is 2.72 bits per heavy atom. The summed E-state index contributed by atoms with van der Waals surface area (Å²) in [6.45, 7) is 1.60. The van der Waals surface area contributed by atoms with Crippen LogP contribution in [0.2, 0.25) is 0 Å². The monoisotopic (exact) mass is 247 g/mol. The minimum Gasteiger partial charge on any atom is -0.368 e. The highest BCUT2D eigenvalue weighted by Gasteiger charge is 2.28. The highest BCUT2D eigenvalue weighted by atomic mass is 16.1. The third kappa shape index (κ3) is 3.09. The van der Waals surface area contributed by atoms with E-state index in [9.17, 15) is 4.79 Å². The van der Waals surface area contributed by atoms with Crippen molar-refractivity contribution in [3.63, 3.8) is 0 Å². The zero-order valence-corrected chi connectivity index (χ0v) is 10.6. The second kappa shape index (κ2) is 5.98. The highest BCUT2D eigenvalue weighted by Crippen LogP contribution is 2.20. The van der Waals surface area contributed by atoms with Crippen molar-refractivity contribution in [2.24, 2.45) is 11.5 Å². The molecule has 0 bridgehead atoms. The molecule has 0 aromatic heterocycles. The minimum atomic E-state index is -0.227. The highest BCUT2D eigenvalue weighted by molar-refractivity contribution is 5.79. The molecule has 1 amide bonds. The van der Waals surface area contributed by atoms with Crippen LogP contribution in [-0.4, -0.2) is 29.9 Å². The number of amides is 1. The van der Waals surface area contributed by atoms with E-state index in [1.54, 1.807) is 0 Å². The first kappa shape index (κ1) is 13.1. The van der Waals surface area contributed by atoms with Crippen molar-refractivity contribution in [3.8, 4) is 0 Å². The molecule has 4 heteroatoms. The number of piperidine rings is 1. The molecule has 1 aliphatic heterocycles. The van der Waals surface area contributed by atoms with Crippen molar-refractivity contribution in [2.75, 3.05) is 13.1 Å². The topological polar surface area (TPSA) is 72.4 Å². The van der Waals surface area contributed by atoms with E-state index in [1.807, 2.05) is 30.3 Å². The Labute approximate surface area is 108 Å². The van der Waals surface area contributed by atoms with Crippen molar-refractivity contribution >= 4 is 5.91 Å². The van der Waals surface area contributed by atoms with Crippen LogP contribution in [0, 0.1) is 0 Å². The first-order chi connectivity index (χ1) is 8.68. The van der Waals surface area contributed by atoms with Crippen LogP contribution in [0.15, 0.2) is 30.3 Å². The van der Waals surface area contributed by atoms with Gasteiger partial charge in [-0.05, 0) is 24.9 Å². The van der Waals surface area contributed by atoms with Gasteiger partial charge >= 0.3 is 0 Å². The molecule has 18 heavy (non-hydrogen) atoms. The third-order valence-electron chi connectivity index (χ3n) is 3.60. The molecule has 98 valence electrons. The second-order valence-corrected chi connectivity index (χ2v) is 4.93. The number of hydrogen-bond donors (Lipinski definition) is 2. The maximum absolute atomic E-state index is 11.4. The predicted molar refractivity (Wildman–Crippen MR) is 71.8 cm³/mol. The number of likely N-dealkylation sites (tertiary alicyclic amines) is 1. The van der Waals surface area contributed by atoms with Gasteiger partial charge in [-0.15, -0.1) is 0 Å². The summed E-state index contributed by atoms with van der Waals surface area (Å²) in [7, 11) is 0. The summed E-state index contributed by atoms with van der Waals surface area (Å²) in [6, 6.07) is 9.78. The summed E-state index contributed by atoms with van der Waals surface area (Å²) < 4.78 is 0. The second-order valence-electron chi connectivity index (χ2n) is 4.93. The molecule has 4 N–H and O–H groups in total. The third-order valence-corrected chi connectivity index (χ3v) is 3.60. The summed E-state index contributed by atoms with van der Waals surface area (Å²) in [4.78, 5) is 13.6. The van der Waals surface area contributed by atoms with E-state index in [1.165, 1.54) is 0 Å². The van der Waals surface area contributed by atoms with Gasteiger partial charge in [0.1, 0.15) is 0 Å². The van der Waals surface area contributed by atoms with Gasteiger partial charge in [-0.2, -0.15) is 0 Å². The Morgan fingerprint density at radius 2 is 2.06 bits per heavy atom. The van der Waals surface area contributed by atoms with Crippen LogP contribution in [0.4, 0.5) is 0 Å². The van der Waals surface area contributed by atoms with Gasteiger partial charge < -0.3 is 11.5 Å². The fraction of sp³-hybridized carbons (Fsp3) is 0.500. The lowest BCUT2D eigenvalue weighted by Gasteiger charge is -2.35. The fourth-order valence-electron chi connectivity index (χ4n) is 2.59. The van der Waals surface area contributed by atoms with E-state index in [0.717, 1.165) is 31.4 Å². The minimum absolute atomic E-state index is 0.0638. The summed E-state index contributed by atoms with van der Waals surface area (Å²) >= 11 is 0. The van der Waals surface area contributed by atoms with Crippen LogP contribution >= 0.6 is 0 Å². The molecule has 0 aliphatic carbocycles. The van der Waals surface area contributed by atoms with Gasteiger partial charge in [0, 0.05) is 12.6 Å². The Bertz CT molecular complexity index is 393. The van der Waals surface area contributed by atoms with Crippen LogP contribution in [0.1, 0.15) is 30.9 Å². The molecular weight excluding hydrogens is 226 g/mol. The van der Waals surface area contributed by atoms with Crippen LogP contribution in [-0.2, 0) is 4.79 Å². The lowest BCUT2D eigenvalue weighted by Crippen LogP contribution is -2.49. The molecule has 1 aromatic rings. The quantitative estimate of drug-likeness (QED) is 0.834. The van der Waals surface area contributed by atoms with Crippen LogP contribution in [0.3, 0.4) is 0 Å². The molecule has 1 aromatic carbocycles. The lowest BCUT2D eigenvalue weighted by atomic mass is 9.99. The SMILES string of the molecule is NC(=O)C1CCCCN1CC(N)c1ccccc1. The van der Waals surface area contributed by atoms with Gasteiger partial charge in [0.2, 0.25) is 5.91 Å². The molecule has 2 atom stereocenters. The van der Waals surface area contributed by atoms with Gasteiger partial charge in [-0.3, -0.25) is 9.69 Å². The van der Waals surface area contributed by atoms with Crippen LogP contribution in [0.25, 0.3) is 0 Å². The average Bonchev–Trinajstić information content (AvgIpc) is 2.40. The van der Waals surface area contributed by atoms with Gasteiger partial charge in [0.05, 0.1) is 6.04 Å². The van der Waals surface area contributed by atoms with E-state index in [2.05, 4.69) is 4.90 Å². The zero-order chi connectivity index (χ0) is 13.0. The molecule has 2 unspecified atom stereocenters. The number of benzene rings is 1. The Morgan fingerprint density at radius 1 is 1.33 bits per heavy atom. The van der Waals surface area contributed by atoms with Gasteiger partial charge in [-0.25, -0.2) is 0 Å².